The second-order valence-electron chi connectivity index (χ2n) is 9.72. The minimum absolute atomic E-state index is 0.0653. The number of nitro groups is 1. The first-order valence-electron chi connectivity index (χ1n) is 12.7. The van der Waals surface area contributed by atoms with Crippen molar-refractivity contribution in [2.75, 3.05) is 41.8 Å². The van der Waals surface area contributed by atoms with Gasteiger partial charge in [-0.25, -0.2) is 4.79 Å². The number of amides is 4. The molecular formula is C28H27ClN6O5. The topological polar surface area (TPSA) is 128 Å². The molecule has 12 heteroatoms. The number of nitro benzene ring substituents is 1. The fraction of sp³-hybridized carbons (Fsp3) is 0.250. The van der Waals surface area contributed by atoms with Crippen LogP contribution in [0.2, 0.25) is 5.02 Å². The number of piperidine rings is 1. The number of nitrogens with one attached hydrogen (secondary N) is 2. The van der Waals surface area contributed by atoms with Gasteiger partial charge < -0.3 is 25.3 Å². The number of urea groups is 1. The Morgan fingerprint density at radius 2 is 1.62 bits per heavy atom. The Bertz CT molecular complexity index is 1430. The van der Waals surface area contributed by atoms with Crippen LogP contribution in [-0.2, 0) is 9.59 Å². The van der Waals surface area contributed by atoms with Gasteiger partial charge in [0.2, 0.25) is 5.91 Å². The van der Waals surface area contributed by atoms with Crippen LogP contribution in [0, 0.1) is 10.1 Å². The Morgan fingerprint density at radius 1 is 0.925 bits per heavy atom. The van der Waals surface area contributed by atoms with Gasteiger partial charge >= 0.3 is 6.03 Å². The number of para-hydroxylation sites is 1. The molecule has 1 spiro atoms. The Labute approximate surface area is 235 Å². The first-order valence-corrected chi connectivity index (χ1v) is 13.1. The van der Waals surface area contributed by atoms with E-state index in [2.05, 4.69) is 10.6 Å². The highest BCUT2D eigenvalue weighted by Crippen LogP contribution is 2.39. The third-order valence-electron chi connectivity index (χ3n) is 7.23. The van der Waals surface area contributed by atoms with Crippen LogP contribution in [0.3, 0.4) is 0 Å². The zero-order valence-electron chi connectivity index (χ0n) is 21.5. The molecule has 0 aliphatic carbocycles. The Balaban J connectivity index is 1.28. The van der Waals surface area contributed by atoms with Crippen molar-refractivity contribution in [1.82, 2.24) is 9.80 Å². The molecule has 2 aliphatic heterocycles. The van der Waals surface area contributed by atoms with Crippen molar-refractivity contribution in [2.24, 2.45) is 0 Å². The van der Waals surface area contributed by atoms with E-state index in [0.29, 0.717) is 42.3 Å². The molecule has 2 fully saturated rings. The molecule has 3 aromatic carbocycles. The number of hydrogen-bond donors (Lipinski definition) is 2. The highest BCUT2D eigenvalue weighted by atomic mass is 35.5. The van der Waals surface area contributed by atoms with E-state index in [1.165, 1.54) is 24.3 Å². The summed E-state index contributed by atoms with van der Waals surface area (Å²) in [4.78, 5) is 55.2. The summed E-state index contributed by atoms with van der Waals surface area (Å²) in [6, 6.07) is 21.6. The van der Waals surface area contributed by atoms with Crippen molar-refractivity contribution < 1.29 is 19.3 Å². The van der Waals surface area contributed by atoms with E-state index < -0.39 is 10.5 Å². The van der Waals surface area contributed by atoms with Gasteiger partial charge in [0.1, 0.15) is 12.1 Å². The van der Waals surface area contributed by atoms with Crippen molar-refractivity contribution in [3.8, 4) is 0 Å². The van der Waals surface area contributed by atoms with Gasteiger partial charge in [-0.1, -0.05) is 35.9 Å². The zero-order valence-corrected chi connectivity index (χ0v) is 22.2. The van der Waals surface area contributed by atoms with Crippen LogP contribution >= 0.6 is 11.6 Å². The fourth-order valence-corrected chi connectivity index (χ4v) is 5.40. The maximum atomic E-state index is 13.9. The SMILES string of the molecule is O=C(CN1CN(c2ccccc2)C2(CCN(C(=O)Nc3ccc([N+](=O)[O-])cc3)CC2)C1=O)Nc1cccc(Cl)c1. The molecule has 2 N–H and O–H groups in total. The number of halogens is 1. The van der Waals surface area contributed by atoms with Crippen molar-refractivity contribution in [1.29, 1.82) is 0 Å². The highest BCUT2D eigenvalue weighted by Gasteiger charge is 2.54. The summed E-state index contributed by atoms with van der Waals surface area (Å²) >= 11 is 6.02. The normalized spacial score (nSPS) is 16.2. The maximum Gasteiger partial charge on any atom is 0.321 e. The van der Waals surface area contributed by atoms with Gasteiger partial charge in [0.25, 0.3) is 11.6 Å². The predicted molar refractivity (Wildman–Crippen MR) is 151 cm³/mol. The molecule has 2 aliphatic rings. The molecule has 5 rings (SSSR count). The number of carbonyl (C=O) groups is 3. The molecule has 206 valence electrons. The highest BCUT2D eigenvalue weighted by molar-refractivity contribution is 6.30. The van der Waals surface area contributed by atoms with Crippen molar-refractivity contribution in [3.05, 3.63) is 94.0 Å². The minimum atomic E-state index is -0.901. The van der Waals surface area contributed by atoms with E-state index in [1.807, 2.05) is 35.2 Å². The molecule has 0 unspecified atom stereocenters. The number of benzene rings is 3. The third-order valence-corrected chi connectivity index (χ3v) is 7.47. The van der Waals surface area contributed by atoms with Crippen LogP contribution in [-0.4, -0.2) is 64.4 Å². The second-order valence-corrected chi connectivity index (χ2v) is 10.2. The summed E-state index contributed by atoms with van der Waals surface area (Å²) in [6.45, 7) is 0.745. The number of rotatable bonds is 6. The van der Waals surface area contributed by atoms with E-state index >= 15 is 0 Å². The van der Waals surface area contributed by atoms with Gasteiger partial charge in [-0.3, -0.25) is 19.7 Å². The summed E-state index contributed by atoms with van der Waals surface area (Å²) in [5, 5.41) is 16.9. The molecule has 0 bridgehead atoms. The Morgan fingerprint density at radius 3 is 2.27 bits per heavy atom. The van der Waals surface area contributed by atoms with E-state index in [-0.39, 0.29) is 36.7 Å². The summed E-state index contributed by atoms with van der Waals surface area (Å²) in [7, 11) is 0. The molecule has 0 saturated carbocycles. The Hall–Kier alpha value is -4.64. The summed E-state index contributed by atoms with van der Waals surface area (Å²) in [6.07, 6.45) is 0.752. The molecule has 0 aromatic heterocycles. The first-order chi connectivity index (χ1) is 19.2. The van der Waals surface area contributed by atoms with E-state index in [1.54, 1.807) is 34.1 Å². The smallest absolute Gasteiger partial charge is 0.321 e. The predicted octanol–water partition coefficient (Wildman–Crippen LogP) is 4.56. The molecule has 3 aromatic rings. The molecule has 11 nitrogen and oxygen atoms in total. The largest absolute Gasteiger partial charge is 0.339 e. The summed E-state index contributed by atoms with van der Waals surface area (Å²) < 4.78 is 0. The molecule has 2 heterocycles. The molecule has 4 amide bonds. The number of nitrogens with zero attached hydrogens (tertiary/aromatic N) is 4. The lowest BCUT2D eigenvalue weighted by Crippen LogP contribution is -2.58. The lowest BCUT2D eigenvalue weighted by molar-refractivity contribution is -0.384. The third kappa shape index (κ3) is 5.55. The van der Waals surface area contributed by atoms with Gasteiger partial charge in [0.15, 0.2) is 0 Å². The van der Waals surface area contributed by atoms with Crippen molar-refractivity contribution in [2.45, 2.75) is 18.4 Å². The minimum Gasteiger partial charge on any atom is -0.339 e. The molecule has 0 radical (unpaired) electrons. The number of carbonyl (C=O) groups excluding carboxylic acids is 3. The number of likely N-dealkylation sites (tertiary alicyclic amines) is 1. The van der Waals surface area contributed by atoms with Crippen LogP contribution in [0.5, 0.6) is 0 Å². The van der Waals surface area contributed by atoms with Crippen LogP contribution < -0.4 is 15.5 Å². The molecule has 0 atom stereocenters. The average Bonchev–Trinajstić information content (AvgIpc) is 3.20. The summed E-state index contributed by atoms with van der Waals surface area (Å²) in [5.74, 6) is -0.492. The van der Waals surface area contributed by atoms with E-state index in [9.17, 15) is 24.5 Å². The van der Waals surface area contributed by atoms with Gasteiger partial charge in [0, 0.05) is 47.3 Å². The van der Waals surface area contributed by atoms with Crippen LogP contribution in [0.1, 0.15) is 12.8 Å². The number of anilines is 3. The quantitative estimate of drug-likeness (QED) is 0.335. The molecule has 40 heavy (non-hydrogen) atoms. The molecule has 2 saturated heterocycles. The van der Waals surface area contributed by atoms with Crippen molar-refractivity contribution >= 4 is 52.2 Å². The first kappa shape index (κ1) is 26.9. The number of hydrogen-bond acceptors (Lipinski definition) is 6. The van der Waals surface area contributed by atoms with Gasteiger partial charge in [-0.2, -0.15) is 0 Å². The lowest BCUT2D eigenvalue weighted by Gasteiger charge is -2.43. The van der Waals surface area contributed by atoms with Crippen LogP contribution in [0.4, 0.5) is 27.5 Å². The standard InChI is InChI=1S/C28H27ClN6O5/c29-20-5-4-6-22(17-20)30-25(36)18-33-19-34(23-7-2-1-3-8-23)28(26(33)37)13-15-32(16-14-28)27(38)31-21-9-11-24(12-10-21)35(39)40/h1-12,17H,13-16,18-19H2,(H,30,36)(H,31,38). The van der Waals surface area contributed by atoms with E-state index in [4.69, 9.17) is 11.6 Å². The van der Waals surface area contributed by atoms with Crippen LogP contribution in [0.25, 0.3) is 0 Å². The average molecular weight is 563 g/mol. The zero-order chi connectivity index (χ0) is 28.3. The van der Waals surface area contributed by atoms with Crippen LogP contribution in [0.15, 0.2) is 78.9 Å². The van der Waals surface area contributed by atoms with Gasteiger partial charge in [0.05, 0.1) is 11.6 Å². The fourth-order valence-electron chi connectivity index (χ4n) is 5.21. The monoisotopic (exact) mass is 562 g/mol. The second kappa shape index (κ2) is 11.2. The van der Waals surface area contributed by atoms with E-state index in [0.717, 1.165) is 5.69 Å². The van der Waals surface area contributed by atoms with Crippen molar-refractivity contribution in [3.63, 3.8) is 0 Å². The van der Waals surface area contributed by atoms with Gasteiger partial charge in [-0.05, 0) is 55.3 Å². The number of non-ortho nitro benzene ring substituents is 1. The Kier molecular flexibility index (Phi) is 7.56. The molecular weight excluding hydrogens is 536 g/mol. The van der Waals surface area contributed by atoms with Gasteiger partial charge in [-0.15, -0.1) is 0 Å². The lowest BCUT2D eigenvalue weighted by atomic mass is 9.85. The maximum absolute atomic E-state index is 13.9. The summed E-state index contributed by atoms with van der Waals surface area (Å²) in [5.41, 5.74) is 0.880.